The number of amides is 1. The predicted molar refractivity (Wildman–Crippen MR) is 81.4 cm³/mol. The zero-order valence-electron chi connectivity index (χ0n) is 11.5. The Morgan fingerprint density at radius 2 is 2.15 bits per heavy atom. The van der Waals surface area contributed by atoms with E-state index in [9.17, 15) is 4.79 Å². The molecule has 1 fully saturated rings. The summed E-state index contributed by atoms with van der Waals surface area (Å²) in [5, 5.41) is 10.8. The molecule has 108 valence electrons. The Morgan fingerprint density at radius 3 is 2.80 bits per heavy atom. The molecule has 1 aliphatic rings. The van der Waals surface area contributed by atoms with Gasteiger partial charge in [-0.05, 0) is 32.3 Å². The van der Waals surface area contributed by atoms with Crippen LogP contribution in [0.1, 0.15) is 31.7 Å². The van der Waals surface area contributed by atoms with Crippen LogP contribution >= 0.6 is 12.2 Å². The highest BCUT2D eigenvalue weighted by Gasteiger charge is 2.23. The quantitative estimate of drug-likeness (QED) is 0.803. The van der Waals surface area contributed by atoms with Crippen molar-refractivity contribution in [3.05, 3.63) is 17.8 Å². The number of piperidine rings is 1. The van der Waals surface area contributed by atoms with E-state index in [1.54, 1.807) is 6.07 Å². The Morgan fingerprint density at radius 1 is 1.45 bits per heavy atom. The number of anilines is 1. The maximum Gasteiger partial charge on any atom is 0.244 e. The number of nitrogens with two attached hydrogens (primary N) is 1. The van der Waals surface area contributed by atoms with Crippen LogP contribution in [0.15, 0.2) is 12.3 Å². The minimum absolute atomic E-state index is 0.0734. The van der Waals surface area contributed by atoms with E-state index in [2.05, 4.69) is 15.5 Å². The third kappa shape index (κ3) is 3.41. The van der Waals surface area contributed by atoms with E-state index in [-0.39, 0.29) is 16.9 Å². The second-order valence-corrected chi connectivity index (χ2v) is 5.35. The van der Waals surface area contributed by atoms with E-state index in [0.29, 0.717) is 11.4 Å². The molecule has 3 N–H and O–H groups in total. The maximum absolute atomic E-state index is 12.3. The number of carbonyl (C=O) groups excluding carboxylic acids is 1. The van der Waals surface area contributed by atoms with Crippen molar-refractivity contribution in [1.29, 1.82) is 0 Å². The molecule has 1 amide bonds. The number of likely N-dealkylation sites (tertiary alicyclic amines) is 1. The fourth-order valence-electron chi connectivity index (χ4n) is 2.29. The minimum Gasteiger partial charge on any atom is -0.389 e. The Labute approximate surface area is 123 Å². The lowest BCUT2D eigenvalue weighted by Gasteiger charge is -2.29. The van der Waals surface area contributed by atoms with Crippen LogP contribution in [0, 0.1) is 0 Å². The van der Waals surface area contributed by atoms with Crippen molar-refractivity contribution < 1.29 is 4.79 Å². The van der Waals surface area contributed by atoms with E-state index in [1.807, 2.05) is 11.8 Å². The van der Waals surface area contributed by atoms with Gasteiger partial charge < -0.3 is 16.0 Å². The second-order valence-electron chi connectivity index (χ2n) is 4.91. The van der Waals surface area contributed by atoms with Crippen molar-refractivity contribution in [2.24, 2.45) is 5.73 Å². The molecule has 0 aliphatic carbocycles. The topological polar surface area (TPSA) is 84.1 Å². The number of nitrogens with one attached hydrogen (secondary N) is 1. The molecule has 1 unspecified atom stereocenters. The number of hydrogen-bond acceptors (Lipinski definition) is 5. The fraction of sp³-hybridized carbons (Fsp3) is 0.538. The van der Waals surface area contributed by atoms with Crippen molar-refractivity contribution in [3.8, 4) is 0 Å². The number of carbonyl (C=O) groups is 1. The second kappa shape index (κ2) is 6.60. The SMILES string of the molecule is CC(Nc1nnccc1C(N)=S)C(=O)N1CCCCC1. The van der Waals surface area contributed by atoms with Gasteiger partial charge in [0, 0.05) is 13.1 Å². The van der Waals surface area contributed by atoms with Gasteiger partial charge in [-0.25, -0.2) is 0 Å². The van der Waals surface area contributed by atoms with Crippen molar-refractivity contribution in [3.63, 3.8) is 0 Å². The van der Waals surface area contributed by atoms with Crippen LogP contribution in [0.25, 0.3) is 0 Å². The minimum atomic E-state index is -0.377. The molecule has 2 rings (SSSR count). The summed E-state index contributed by atoms with van der Waals surface area (Å²) in [6.07, 6.45) is 4.86. The number of nitrogens with zero attached hydrogens (tertiary/aromatic N) is 3. The molecule has 7 heteroatoms. The molecule has 0 radical (unpaired) electrons. The van der Waals surface area contributed by atoms with Gasteiger partial charge in [0.2, 0.25) is 5.91 Å². The molecule has 20 heavy (non-hydrogen) atoms. The third-order valence-corrected chi connectivity index (χ3v) is 3.60. The number of thiocarbonyl (C=S) groups is 1. The van der Waals surface area contributed by atoms with Crippen LogP contribution in [0.5, 0.6) is 0 Å². The molecule has 1 aliphatic heterocycles. The monoisotopic (exact) mass is 293 g/mol. The highest BCUT2D eigenvalue weighted by atomic mass is 32.1. The average molecular weight is 293 g/mol. The molecular weight excluding hydrogens is 274 g/mol. The first kappa shape index (κ1) is 14.6. The molecular formula is C13H19N5OS. The van der Waals surface area contributed by atoms with Crippen LogP contribution in [-0.4, -0.2) is 45.1 Å². The summed E-state index contributed by atoms with van der Waals surface area (Å²) in [6, 6.07) is 1.31. The van der Waals surface area contributed by atoms with Gasteiger partial charge in [-0.1, -0.05) is 12.2 Å². The average Bonchev–Trinajstić information content (AvgIpc) is 2.47. The van der Waals surface area contributed by atoms with E-state index in [4.69, 9.17) is 18.0 Å². The Kier molecular flexibility index (Phi) is 4.84. The molecule has 0 bridgehead atoms. The molecule has 1 saturated heterocycles. The van der Waals surface area contributed by atoms with E-state index in [1.165, 1.54) is 12.6 Å². The number of rotatable bonds is 4. The molecule has 1 aromatic heterocycles. The van der Waals surface area contributed by atoms with Crippen molar-refractivity contribution in [2.75, 3.05) is 18.4 Å². The molecule has 2 heterocycles. The van der Waals surface area contributed by atoms with Crippen molar-refractivity contribution in [2.45, 2.75) is 32.2 Å². The standard InChI is InChI=1S/C13H19N5OS/c1-9(13(19)18-7-3-2-4-8-18)16-12-10(11(14)20)5-6-15-17-12/h5-6,9H,2-4,7-8H2,1H3,(H2,14,20)(H,16,17). The lowest BCUT2D eigenvalue weighted by Crippen LogP contribution is -2.44. The molecule has 1 atom stereocenters. The highest BCUT2D eigenvalue weighted by molar-refractivity contribution is 7.80. The zero-order valence-corrected chi connectivity index (χ0v) is 12.3. The Bertz CT molecular complexity index is 501. The Balaban J connectivity index is 2.05. The van der Waals surface area contributed by atoms with Gasteiger partial charge in [-0.2, -0.15) is 5.10 Å². The lowest BCUT2D eigenvalue weighted by atomic mass is 10.1. The van der Waals surface area contributed by atoms with Crippen LogP contribution < -0.4 is 11.1 Å². The van der Waals surface area contributed by atoms with Crippen LogP contribution in [0.4, 0.5) is 5.82 Å². The first-order valence-electron chi connectivity index (χ1n) is 6.76. The third-order valence-electron chi connectivity index (χ3n) is 3.38. The molecule has 0 aromatic carbocycles. The summed E-state index contributed by atoms with van der Waals surface area (Å²) >= 11 is 4.97. The van der Waals surface area contributed by atoms with Crippen LogP contribution in [0.2, 0.25) is 0 Å². The molecule has 0 spiro atoms. The highest BCUT2D eigenvalue weighted by Crippen LogP contribution is 2.14. The van der Waals surface area contributed by atoms with Gasteiger partial charge >= 0.3 is 0 Å². The molecule has 0 saturated carbocycles. The predicted octanol–water partition coefficient (Wildman–Crippen LogP) is 0.924. The summed E-state index contributed by atoms with van der Waals surface area (Å²) in [5.74, 6) is 0.530. The summed E-state index contributed by atoms with van der Waals surface area (Å²) in [4.78, 5) is 14.5. The van der Waals surface area contributed by atoms with Gasteiger partial charge in [0.15, 0.2) is 5.82 Å². The summed E-state index contributed by atoms with van der Waals surface area (Å²) < 4.78 is 0. The van der Waals surface area contributed by atoms with E-state index < -0.39 is 0 Å². The van der Waals surface area contributed by atoms with Crippen LogP contribution in [-0.2, 0) is 4.79 Å². The normalized spacial score (nSPS) is 16.6. The Hall–Kier alpha value is -1.76. The first-order valence-corrected chi connectivity index (χ1v) is 7.17. The van der Waals surface area contributed by atoms with Gasteiger partial charge in [0.05, 0.1) is 11.8 Å². The maximum atomic E-state index is 12.3. The summed E-state index contributed by atoms with van der Waals surface area (Å²) in [5.41, 5.74) is 6.24. The van der Waals surface area contributed by atoms with Crippen molar-refractivity contribution >= 4 is 28.9 Å². The summed E-state index contributed by atoms with van der Waals surface area (Å²) in [7, 11) is 0. The lowest BCUT2D eigenvalue weighted by molar-refractivity contribution is -0.132. The van der Waals surface area contributed by atoms with E-state index >= 15 is 0 Å². The van der Waals surface area contributed by atoms with Gasteiger partial charge in [0.1, 0.15) is 11.0 Å². The van der Waals surface area contributed by atoms with Gasteiger partial charge in [0.25, 0.3) is 0 Å². The summed E-state index contributed by atoms with van der Waals surface area (Å²) in [6.45, 7) is 3.47. The van der Waals surface area contributed by atoms with Crippen LogP contribution in [0.3, 0.4) is 0 Å². The molecule has 6 nitrogen and oxygen atoms in total. The van der Waals surface area contributed by atoms with Crippen molar-refractivity contribution in [1.82, 2.24) is 15.1 Å². The largest absolute Gasteiger partial charge is 0.389 e. The number of aromatic nitrogens is 2. The smallest absolute Gasteiger partial charge is 0.244 e. The fourth-order valence-corrected chi connectivity index (χ4v) is 2.46. The van der Waals surface area contributed by atoms with Gasteiger partial charge in [-0.3, -0.25) is 4.79 Å². The van der Waals surface area contributed by atoms with E-state index in [0.717, 1.165) is 25.9 Å². The first-order chi connectivity index (χ1) is 9.59. The zero-order chi connectivity index (χ0) is 14.5. The van der Waals surface area contributed by atoms with Gasteiger partial charge in [-0.15, -0.1) is 5.10 Å². The number of hydrogen-bond donors (Lipinski definition) is 2. The molecule has 1 aromatic rings.